The summed E-state index contributed by atoms with van der Waals surface area (Å²) in [6.07, 6.45) is 0. The Morgan fingerprint density at radius 1 is 1.88 bits per heavy atom. The number of nitrogens with zero attached hydrogens (tertiary/aromatic N) is 2. The van der Waals surface area contributed by atoms with Crippen LogP contribution in [0.1, 0.15) is 9.80 Å². The van der Waals surface area contributed by atoms with Crippen molar-refractivity contribution in [3.63, 3.8) is 0 Å². The first kappa shape index (κ1) is 5.17. The highest BCUT2D eigenvalue weighted by molar-refractivity contribution is 7.11. The van der Waals surface area contributed by atoms with Gasteiger partial charge >= 0.3 is 0 Å². The molecule has 2 N–H and O–H groups in total. The van der Waals surface area contributed by atoms with E-state index in [1.807, 2.05) is 0 Å². The summed E-state index contributed by atoms with van der Waals surface area (Å²) in [5.41, 5.74) is 6.29. The fourth-order valence-electron chi connectivity index (χ4n) is 0.280. The van der Waals surface area contributed by atoms with Crippen LogP contribution in [0, 0.1) is 0 Å². The van der Waals surface area contributed by atoms with Gasteiger partial charge in [0.1, 0.15) is 5.51 Å². The van der Waals surface area contributed by atoms with E-state index in [0.717, 1.165) is 11.3 Å². The van der Waals surface area contributed by atoms with Crippen molar-refractivity contribution in [3.8, 4) is 0 Å². The summed E-state index contributed by atoms with van der Waals surface area (Å²) < 4.78 is 0. The van der Waals surface area contributed by atoms with E-state index in [9.17, 15) is 4.79 Å². The zero-order chi connectivity index (χ0) is 5.98. The van der Waals surface area contributed by atoms with E-state index in [4.69, 9.17) is 5.73 Å². The Labute approximate surface area is 49.3 Å². The fraction of sp³-hybridized carbons (Fsp3) is 0. The first-order valence-corrected chi connectivity index (χ1v) is 2.74. The van der Waals surface area contributed by atoms with Crippen LogP contribution in [-0.2, 0) is 0 Å². The number of carbonyl (C=O) groups is 1. The van der Waals surface area contributed by atoms with Crippen molar-refractivity contribution in [2.75, 3.05) is 0 Å². The van der Waals surface area contributed by atoms with E-state index in [0.29, 0.717) is 0 Å². The number of primary amides is 1. The molecule has 0 aromatic carbocycles. The van der Waals surface area contributed by atoms with Gasteiger partial charge in [-0.15, -0.1) is 10.2 Å². The van der Waals surface area contributed by atoms with Gasteiger partial charge in [-0.3, -0.25) is 4.79 Å². The van der Waals surface area contributed by atoms with Gasteiger partial charge in [-0.05, 0) is 0 Å². The average Bonchev–Trinajstić information content (AvgIpc) is 2.12. The number of rotatable bonds is 1. The lowest BCUT2D eigenvalue weighted by Crippen LogP contribution is -2.10. The Bertz CT molecular complexity index is 182. The molecule has 1 rings (SSSR count). The van der Waals surface area contributed by atoms with Crippen LogP contribution in [0.5, 0.6) is 0 Å². The number of aromatic nitrogens is 2. The van der Waals surface area contributed by atoms with Gasteiger partial charge in [0.15, 0.2) is 0 Å². The maximum absolute atomic E-state index is 10.2. The molecule has 0 bridgehead atoms. The standard InChI is InChI=1S/C3H3N3OS/c4-2(7)3-6-5-1-8-3/h1H,(H2,4,7). The van der Waals surface area contributed by atoms with Crippen LogP contribution in [0.4, 0.5) is 0 Å². The fourth-order valence-corrected chi connectivity index (χ4v) is 0.685. The second kappa shape index (κ2) is 1.87. The highest BCUT2D eigenvalue weighted by atomic mass is 32.1. The van der Waals surface area contributed by atoms with Crippen LogP contribution in [0.15, 0.2) is 5.51 Å². The normalized spacial score (nSPS) is 9.00. The Morgan fingerprint density at radius 3 is 2.88 bits per heavy atom. The van der Waals surface area contributed by atoms with E-state index in [-0.39, 0.29) is 5.01 Å². The summed E-state index contributed by atoms with van der Waals surface area (Å²) in [6.45, 7) is 0. The highest BCUT2D eigenvalue weighted by Gasteiger charge is 2.00. The van der Waals surface area contributed by atoms with Gasteiger partial charge in [0.05, 0.1) is 0 Å². The molecule has 0 fully saturated rings. The Balaban J connectivity index is 2.93. The lowest BCUT2D eigenvalue weighted by molar-refractivity contribution is 0.0999. The smallest absolute Gasteiger partial charge is 0.279 e. The molecular formula is C3H3N3OS. The quantitative estimate of drug-likeness (QED) is 0.562. The van der Waals surface area contributed by atoms with E-state index < -0.39 is 5.91 Å². The summed E-state index contributed by atoms with van der Waals surface area (Å²) in [5, 5.41) is 7.08. The molecule has 42 valence electrons. The lowest BCUT2D eigenvalue weighted by atomic mass is 10.7. The molecule has 8 heavy (non-hydrogen) atoms. The summed E-state index contributed by atoms with van der Waals surface area (Å²) >= 11 is 1.13. The lowest BCUT2D eigenvalue weighted by Gasteiger charge is -1.76. The van der Waals surface area contributed by atoms with Crippen LogP contribution in [0.25, 0.3) is 0 Å². The summed E-state index contributed by atoms with van der Waals surface area (Å²) in [4.78, 5) is 10.2. The number of amides is 1. The summed E-state index contributed by atoms with van der Waals surface area (Å²) in [7, 11) is 0. The van der Waals surface area contributed by atoms with Crippen LogP contribution in [0.3, 0.4) is 0 Å². The first-order valence-electron chi connectivity index (χ1n) is 1.86. The van der Waals surface area contributed by atoms with Gasteiger partial charge in [0.25, 0.3) is 5.91 Å². The van der Waals surface area contributed by atoms with Crippen molar-refractivity contribution in [1.29, 1.82) is 0 Å². The monoisotopic (exact) mass is 129 g/mol. The van der Waals surface area contributed by atoms with Crippen molar-refractivity contribution < 1.29 is 4.79 Å². The largest absolute Gasteiger partial charge is 0.363 e. The average molecular weight is 129 g/mol. The molecule has 0 aliphatic heterocycles. The van der Waals surface area contributed by atoms with E-state index in [2.05, 4.69) is 10.2 Å². The minimum absolute atomic E-state index is 0.255. The second-order valence-corrected chi connectivity index (χ2v) is 1.94. The Morgan fingerprint density at radius 2 is 2.62 bits per heavy atom. The maximum Gasteiger partial charge on any atom is 0.279 e. The van der Waals surface area contributed by atoms with Gasteiger partial charge in [-0.25, -0.2) is 0 Å². The van der Waals surface area contributed by atoms with Crippen molar-refractivity contribution >= 4 is 17.2 Å². The predicted octanol–water partition coefficient (Wildman–Crippen LogP) is -0.363. The van der Waals surface area contributed by atoms with Gasteiger partial charge in [-0.1, -0.05) is 11.3 Å². The summed E-state index contributed by atoms with van der Waals surface area (Å²) in [6, 6.07) is 0. The second-order valence-electron chi connectivity index (χ2n) is 1.11. The molecule has 0 atom stereocenters. The molecule has 0 saturated carbocycles. The van der Waals surface area contributed by atoms with Gasteiger partial charge in [0, 0.05) is 0 Å². The molecule has 1 aromatic heterocycles. The minimum atomic E-state index is -0.521. The molecule has 0 spiro atoms. The SMILES string of the molecule is NC(=O)c1nncs1. The molecular weight excluding hydrogens is 126 g/mol. The van der Waals surface area contributed by atoms with Gasteiger partial charge in [0.2, 0.25) is 5.01 Å². The highest BCUT2D eigenvalue weighted by Crippen LogP contribution is 1.97. The Kier molecular flexibility index (Phi) is 1.21. The molecule has 0 unspecified atom stereocenters. The van der Waals surface area contributed by atoms with E-state index >= 15 is 0 Å². The molecule has 1 aromatic rings. The third-order valence-corrected chi connectivity index (χ3v) is 1.28. The number of nitrogens with two attached hydrogens (primary N) is 1. The molecule has 0 radical (unpaired) electrons. The maximum atomic E-state index is 10.2. The third-order valence-electron chi connectivity index (χ3n) is 0.571. The van der Waals surface area contributed by atoms with Crippen LogP contribution in [0.2, 0.25) is 0 Å². The van der Waals surface area contributed by atoms with Gasteiger partial charge in [-0.2, -0.15) is 0 Å². The summed E-state index contributed by atoms with van der Waals surface area (Å²) in [5.74, 6) is -0.521. The molecule has 4 nitrogen and oxygen atoms in total. The molecule has 1 amide bonds. The zero-order valence-electron chi connectivity index (χ0n) is 3.87. The molecule has 0 aliphatic carbocycles. The molecule has 0 aliphatic rings. The molecule has 5 heteroatoms. The zero-order valence-corrected chi connectivity index (χ0v) is 4.68. The third kappa shape index (κ3) is 0.812. The number of hydrogen-bond acceptors (Lipinski definition) is 4. The minimum Gasteiger partial charge on any atom is -0.363 e. The Hall–Kier alpha value is -0.970. The van der Waals surface area contributed by atoms with Crippen molar-refractivity contribution in [1.82, 2.24) is 10.2 Å². The predicted molar refractivity (Wildman–Crippen MR) is 28.4 cm³/mol. The van der Waals surface area contributed by atoms with Crippen LogP contribution in [-0.4, -0.2) is 16.1 Å². The number of hydrogen-bond donors (Lipinski definition) is 1. The van der Waals surface area contributed by atoms with Crippen molar-refractivity contribution in [2.24, 2.45) is 5.73 Å². The van der Waals surface area contributed by atoms with E-state index in [1.165, 1.54) is 5.51 Å². The van der Waals surface area contributed by atoms with Crippen molar-refractivity contribution in [2.45, 2.75) is 0 Å². The van der Waals surface area contributed by atoms with Crippen LogP contribution >= 0.6 is 11.3 Å². The molecule has 1 heterocycles. The van der Waals surface area contributed by atoms with Crippen LogP contribution < -0.4 is 5.73 Å². The first-order chi connectivity index (χ1) is 3.80. The van der Waals surface area contributed by atoms with E-state index in [1.54, 1.807) is 0 Å². The topological polar surface area (TPSA) is 68.9 Å². The number of carbonyl (C=O) groups excluding carboxylic acids is 1. The van der Waals surface area contributed by atoms with Crippen molar-refractivity contribution in [3.05, 3.63) is 10.5 Å². The molecule has 0 saturated heterocycles. The van der Waals surface area contributed by atoms with Gasteiger partial charge < -0.3 is 5.73 Å².